The second-order valence-electron chi connectivity index (χ2n) is 16.4. The Labute approximate surface area is 327 Å². The molecule has 2 aliphatic rings. The van der Waals surface area contributed by atoms with E-state index < -0.39 is 47.4 Å². The largest absolute Gasteiger partial charge is 0.493 e. The van der Waals surface area contributed by atoms with E-state index in [1.165, 1.54) is 6.92 Å². The van der Waals surface area contributed by atoms with Crippen LogP contribution in [0.25, 0.3) is 0 Å². The first kappa shape index (κ1) is 43.9. The van der Waals surface area contributed by atoms with E-state index in [1.807, 2.05) is 76.2 Å². The molecule has 1 saturated carbocycles. The van der Waals surface area contributed by atoms with Gasteiger partial charge in [0.05, 0.1) is 43.7 Å². The Morgan fingerprint density at radius 1 is 0.982 bits per heavy atom. The quantitative estimate of drug-likeness (QED) is 0.109. The first-order valence-corrected chi connectivity index (χ1v) is 20.2. The van der Waals surface area contributed by atoms with Gasteiger partial charge in [-0.3, -0.25) is 24.1 Å². The highest BCUT2D eigenvalue weighted by molar-refractivity contribution is 6.04. The molecule has 0 radical (unpaired) electrons. The third-order valence-electron chi connectivity index (χ3n) is 10.9. The fraction of sp³-hybridized carbons (Fsp3) is 0.628. The zero-order chi connectivity index (χ0) is 40.1. The van der Waals surface area contributed by atoms with Gasteiger partial charge in [-0.25, -0.2) is 0 Å². The van der Waals surface area contributed by atoms with Gasteiger partial charge in [0.15, 0.2) is 0 Å². The summed E-state index contributed by atoms with van der Waals surface area (Å²) in [5, 5.41) is 30.4. The number of aliphatic hydroxyl groups excluding tert-OH is 2. The molecule has 304 valence electrons. The zero-order valence-corrected chi connectivity index (χ0v) is 33.5. The molecule has 1 aliphatic heterocycles. The van der Waals surface area contributed by atoms with Crippen LogP contribution in [0.15, 0.2) is 48.5 Å². The number of carbonyl (C=O) groups is 4. The van der Waals surface area contributed by atoms with E-state index in [0.717, 1.165) is 48.1 Å². The normalized spacial score (nSPS) is 18.5. The lowest BCUT2D eigenvalue weighted by Crippen LogP contribution is -2.69. The highest BCUT2D eigenvalue weighted by Gasteiger charge is 2.58. The van der Waals surface area contributed by atoms with Crippen molar-refractivity contribution in [1.82, 2.24) is 20.9 Å². The molecular weight excluding hydrogens is 699 g/mol. The summed E-state index contributed by atoms with van der Waals surface area (Å²) in [6.45, 7) is 10.4. The van der Waals surface area contributed by atoms with Crippen LogP contribution in [0.3, 0.4) is 0 Å². The number of nitrogens with two attached hydrogens (primary N) is 1. The molecule has 1 aliphatic carbocycles. The third-order valence-corrected chi connectivity index (χ3v) is 10.9. The van der Waals surface area contributed by atoms with Crippen LogP contribution in [0.5, 0.6) is 5.75 Å². The fourth-order valence-corrected chi connectivity index (χ4v) is 8.31. The second-order valence-corrected chi connectivity index (χ2v) is 16.4. The van der Waals surface area contributed by atoms with Crippen LogP contribution >= 0.6 is 0 Å². The lowest BCUT2D eigenvalue weighted by molar-refractivity contribution is -0.162. The summed E-state index contributed by atoms with van der Waals surface area (Å²) >= 11 is 0. The topological polar surface area (TPSA) is 183 Å². The number of hydrogen-bond donors (Lipinski definition) is 6. The number of nitrogens with one attached hydrogen (secondary N) is 3. The minimum Gasteiger partial charge on any atom is -0.493 e. The SMILES string of the molecule is CC(=O)N(C(=O)[C@@H](N)Cc1ccccc1)[C@](CC(C)C)(C(=O)N[C@@H](CC1CCCCC1)C(O)CC(=O)NCC(C)C)C1COc2ccc(CNCCO)cc21. The van der Waals surface area contributed by atoms with Crippen LogP contribution in [-0.4, -0.2) is 88.8 Å². The van der Waals surface area contributed by atoms with Crippen LogP contribution in [0.2, 0.25) is 0 Å². The van der Waals surface area contributed by atoms with Gasteiger partial charge in [-0.2, -0.15) is 0 Å². The van der Waals surface area contributed by atoms with E-state index in [2.05, 4.69) is 16.0 Å². The molecule has 1 fully saturated rings. The summed E-state index contributed by atoms with van der Waals surface area (Å²) in [6.07, 6.45) is 4.37. The Balaban J connectivity index is 1.84. The molecule has 2 aromatic rings. The molecule has 2 unspecified atom stereocenters. The molecule has 7 N–H and O–H groups in total. The van der Waals surface area contributed by atoms with Gasteiger partial charge < -0.3 is 36.6 Å². The van der Waals surface area contributed by atoms with Gasteiger partial charge in [0.25, 0.3) is 0 Å². The average molecular weight is 764 g/mol. The van der Waals surface area contributed by atoms with Gasteiger partial charge in [0.1, 0.15) is 11.3 Å². The predicted octanol–water partition coefficient (Wildman–Crippen LogP) is 3.95. The monoisotopic (exact) mass is 763 g/mol. The summed E-state index contributed by atoms with van der Waals surface area (Å²) in [5.74, 6) is -2.21. The molecule has 0 aromatic heterocycles. The molecule has 5 atom stereocenters. The molecule has 55 heavy (non-hydrogen) atoms. The zero-order valence-electron chi connectivity index (χ0n) is 33.5. The number of benzene rings is 2. The van der Waals surface area contributed by atoms with Gasteiger partial charge in [-0.1, -0.05) is 102 Å². The number of hydrogen-bond acceptors (Lipinski definition) is 9. The van der Waals surface area contributed by atoms with E-state index in [1.54, 1.807) is 0 Å². The predicted molar refractivity (Wildman–Crippen MR) is 213 cm³/mol. The summed E-state index contributed by atoms with van der Waals surface area (Å²) in [6, 6.07) is 13.0. The molecule has 1 heterocycles. The molecule has 2 aromatic carbocycles. The number of carbonyl (C=O) groups excluding carboxylic acids is 4. The molecule has 0 saturated heterocycles. The molecule has 12 nitrogen and oxygen atoms in total. The number of imide groups is 1. The first-order chi connectivity index (χ1) is 26.3. The van der Waals surface area contributed by atoms with Gasteiger partial charge in [0.2, 0.25) is 23.6 Å². The van der Waals surface area contributed by atoms with Gasteiger partial charge in [0, 0.05) is 32.1 Å². The van der Waals surface area contributed by atoms with Crippen molar-refractivity contribution >= 4 is 23.6 Å². The maximum Gasteiger partial charge on any atom is 0.247 e. The Bertz CT molecular complexity index is 1560. The highest BCUT2D eigenvalue weighted by atomic mass is 16.5. The molecular formula is C43H65N5O7. The van der Waals surface area contributed by atoms with Gasteiger partial charge >= 0.3 is 0 Å². The van der Waals surface area contributed by atoms with Crippen LogP contribution in [0.4, 0.5) is 0 Å². The molecule has 4 amide bonds. The summed E-state index contributed by atoms with van der Waals surface area (Å²) in [7, 11) is 0. The van der Waals surface area contributed by atoms with E-state index in [-0.39, 0.29) is 56.1 Å². The number of aliphatic hydroxyl groups is 2. The standard InChI is InChI=1S/C43H65N5O7/c1-28(2)24-43(35-27-55-39-17-16-33(20-34(35)39)26-45-18-19-49,48(30(5)50)41(53)36(44)21-31-12-8-6-9-13-31)42(54)47-37(22-32-14-10-7-11-15-32)38(51)23-40(52)46-25-29(3)4/h6,8-9,12-13,16-17,20,28-29,32,35-38,45,49,51H,7,10-11,14-15,18-19,21-27,44H2,1-5H3,(H,46,52)(H,47,54)/t35?,36-,37-,38?,43-/m0/s1. The number of amides is 4. The molecule has 0 bridgehead atoms. The van der Waals surface area contributed by atoms with Crippen LogP contribution in [0, 0.1) is 17.8 Å². The lowest BCUT2D eigenvalue weighted by atomic mass is 9.72. The van der Waals surface area contributed by atoms with E-state index in [9.17, 15) is 24.6 Å². The van der Waals surface area contributed by atoms with Crippen LogP contribution in [0.1, 0.15) is 109 Å². The van der Waals surface area contributed by atoms with Crippen molar-refractivity contribution in [2.45, 2.75) is 129 Å². The number of nitrogens with zero attached hydrogens (tertiary/aromatic N) is 1. The van der Waals surface area contributed by atoms with Crippen molar-refractivity contribution in [3.05, 3.63) is 65.2 Å². The Morgan fingerprint density at radius 2 is 1.69 bits per heavy atom. The van der Waals surface area contributed by atoms with Gasteiger partial charge in [-0.05, 0) is 54.2 Å². The fourth-order valence-electron chi connectivity index (χ4n) is 8.31. The number of ether oxygens (including phenoxy) is 1. The maximum atomic E-state index is 15.6. The smallest absolute Gasteiger partial charge is 0.247 e. The third kappa shape index (κ3) is 11.8. The van der Waals surface area contributed by atoms with E-state index in [0.29, 0.717) is 37.4 Å². The number of fused-ring (bicyclic) bond motifs is 1. The molecule has 4 rings (SSSR count). The highest BCUT2D eigenvalue weighted by Crippen LogP contribution is 2.47. The van der Waals surface area contributed by atoms with E-state index >= 15 is 4.79 Å². The van der Waals surface area contributed by atoms with Crippen LogP contribution in [-0.2, 0) is 32.1 Å². The molecule has 0 spiro atoms. The lowest BCUT2D eigenvalue weighted by Gasteiger charge is -2.47. The van der Waals surface area contributed by atoms with Crippen molar-refractivity contribution in [3.63, 3.8) is 0 Å². The van der Waals surface area contributed by atoms with Crippen molar-refractivity contribution in [2.75, 3.05) is 26.3 Å². The van der Waals surface area contributed by atoms with Crippen molar-refractivity contribution in [1.29, 1.82) is 0 Å². The second kappa shape index (κ2) is 20.9. The summed E-state index contributed by atoms with van der Waals surface area (Å²) < 4.78 is 6.24. The summed E-state index contributed by atoms with van der Waals surface area (Å²) in [4.78, 5) is 58.5. The number of rotatable bonds is 20. The minimum atomic E-state index is -1.82. The van der Waals surface area contributed by atoms with Crippen molar-refractivity contribution < 1.29 is 34.1 Å². The van der Waals surface area contributed by atoms with Crippen LogP contribution < -0.4 is 26.4 Å². The Morgan fingerprint density at radius 3 is 2.33 bits per heavy atom. The average Bonchev–Trinajstić information content (AvgIpc) is 3.57. The van der Waals surface area contributed by atoms with Crippen molar-refractivity contribution in [3.8, 4) is 5.75 Å². The van der Waals surface area contributed by atoms with E-state index in [4.69, 9.17) is 10.5 Å². The van der Waals surface area contributed by atoms with Crippen molar-refractivity contribution in [2.24, 2.45) is 23.5 Å². The Kier molecular flexibility index (Phi) is 16.7. The summed E-state index contributed by atoms with van der Waals surface area (Å²) in [5.41, 5.74) is 7.20. The maximum absolute atomic E-state index is 15.6. The Hall–Kier alpha value is -3.84. The molecule has 12 heteroatoms. The van der Waals surface area contributed by atoms with Gasteiger partial charge in [-0.15, -0.1) is 0 Å². The first-order valence-electron chi connectivity index (χ1n) is 20.2. The minimum absolute atomic E-state index is 0.0153.